The third-order valence-corrected chi connectivity index (χ3v) is 9.12. The Labute approximate surface area is 209 Å². The zero-order chi connectivity index (χ0) is 26.3. The molecule has 0 saturated heterocycles. The van der Waals surface area contributed by atoms with Gasteiger partial charge in [0.05, 0.1) is 22.6 Å². The number of aromatic nitrogens is 2. The molecule has 0 amide bonds. The summed E-state index contributed by atoms with van der Waals surface area (Å²) < 4.78 is 58.2. The summed E-state index contributed by atoms with van der Waals surface area (Å²) in [7, 11) is -6.47. The predicted octanol–water partition coefficient (Wildman–Crippen LogP) is 3.05. The van der Waals surface area contributed by atoms with Crippen molar-refractivity contribution in [2.45, 2.75) is 43.5 Å². The molecule has 10 nitrogen and oxygen atoms in total. The Kier molecular flexibility index (Phi) is 6.76. The molecule has 0 N–H and O–H groups in total. The molecule has 1 aliphatic heterocycles. The van der Waals surface area contributed by atoms with Crippen molar-refractivity contribution in [2.24, 2.45) is 5.16 Å². The number of hydrogen-bond acceptors (Lipinski definition) is 9. The lowest BCUT2D eigenvalue weighted by Gasteiger charge is -2.21. The molecule has 4 rings (SSSR count). The molecule has 1 aromatic heterocycles. The second-order valence-corrected chi connectivity index (χ2v) is 11.8. The molecule has 190 valence electrons. The van der Waals surface area contributed by atoms with E-state index in [2.05, 4.69) is 10.3 Å². The maximum atomic E-state index is 13.7. The second-order valence-electron chi connectivity index (χ2n) is 8.21. The summed E-state index contributed by atoms with van der Waals surface area (Å²) in [5, 5.41) is 8.10. The molecule has 0 unspecified atom stereocenters. The zero-order valence-corrected chi connectivity index (χ0v) is 21.8. The van der Waals surface area contributed by atoms with Crippen molar-refractivity contribution in [1.82, 2.24) is 9.78 Å². The second kappa shape index (κ2) is 9.51. The Morgan fingerprint density at radius 2 is 1.86 bits per heavy atom. The van der Waals surface area contributed by atoms with Crippen LogP contribution in [0.1, 0.15) is 46.0 Å². The van der Waals surface area contributed by atoms with E-state index in [9.17, 15) is 21.6 Å². The van der Waals surface area contributed by atoms with Crippen LogP contribution in [-0.2, 0) is 31.3 Å². The molecule has 2 aromatic carbocycles. The highest BCUT2D eigenvalue weighted by atomic mass is 32.2. The van der Waals surface area contributed by atoms with Crippen molar-refractivity contribution in [1.29, 1.82) is 0 Å². The maximum absolute atomic E-state index is 13.7. The van der Waals surface area contributed by atoms with Crippen LogP contribution in [0.25, 0.3) is 0 Å². The maximum Gasteiger partial charge on any atom is 0.340 e. The molecular weight excluding hydrogens is 506 g/mol. The van der Waals surface area contributed by atoms with Crippen molar-refractivity contribution in [3.63, 3.8) is 0 Å². The fourth-order valence-corrected chi connectivity index (χ4v) is 6.91. The van der Waals surface area contributed by atoms with Gasteiger partial charge >= 0.3 is 10.1 Å². The molecule has 12 heteroatoms. The molecule has 1 aliphatic rings. The standard InChI is InChI=1S/C24H25N3O7S2/c1-5-27-24(34-36(31,32)20-9-7-6-8-15(20)2)18(14-25-27)23(28)17-10-11-21-22(16(17)3)19(26-33-4)12-13-35(21,29)30/h6-11,14H,5,12-13H2,1-4H3. The van der Waals surface area contributed by atoms with Crippen molar-refractivity contribution < 1.29 is 30.7 Å². The van der Waals surface area contributed by atoms with E-state index in [4.69, 9.17) is 9.02 Å². The SMILES string of the molecule is CCn1ncc(C(=O)c2ccc3c(c2C)C(=NOC)CCS3(=O)=O)c1OS(=O)(=O)c1ccccc1C. The lowest BCUT2D eigenvalue weighted by molar-refractivity contribution is 0.103. The fraction of sp³-hybridized carbons (Fsp3) is 0.292. The van der Waals surface area contributed by atoms with Gasteiger partial charge in [-0.25, -0.2) is 13.1 Å². The topological polar surface area (TPSA) is 134 Å². The summed E-state index contributed by atoms with van der Waals surface area (Å²) in [5.74, 6) is -0.904. The predicted molar refractivity (Wildman–Crippen MR) is 132 cm³/mol. The number of carbonyl (C=O) groups is 1. The molecule has 0 bridgehead atoms. The van der Waals surface area contributed by atoms with Gasteiger partial charge in [0.1, 0.15) is 17.6 Å². The first-order chi connectivity index (χ1) is 17.0. The molecule has 36 heavy (non-hydrogen) atoms. The Morgan fingerprint density at radius 3 is 2.53 bits per heavy atom. The Morgan fingerprint density at radius 1 is 1.14 bits per heavy atom. The first kappa shape index (κ1) is 25.6. The number of hydrogen-bond donors (Lipinski definition) is 0. The van der Waals surface area contributed by atoms with Gasteiger partial charge in [-0.3, -0.25) is 4.79 Å². The molecule has 0 radical (unpaired) electrons. The number of rotatable bonds is 7. The molecule has 0 saturated carbocycles. The van der Waals surface area contributed by atoms with E-state index < -0.39 is 25.7 Å². The van der Waals surface area contributed by atoms with Gasteiger partial charge in [0.2, 0.25) is 5.88 Å². The third kappa shape index (κ3) is 4.42. The van der Waals surface area contributed by atoms with Crippen LogP contribution in [0, 0.1) is 13.8 Å². The van der Waals surface area contributed by atoms with Gasteiger partial charge in [0.25, 0.3) is 0 Å². The lowest BCUT2D eigenvalue weighted by Crippen LogP contribution is -2.24. The minimum Gasteiger partial charge on any atom is -0.399 e. The van der Waals surface area contributed by atoms with Gasteiger partial charge < -0.3 is 9.02 Å². The van der Waals surface area contributed by atoms with E-state index in [-0.39, 0.29) is 45.5 Å². The number of oxime groups is 1. The summed E-state index contributed by atoms with van der Waals surface area (Å²) in [5.41, 5.74) is 1.70. The highest BCUT2D eigenvalue weighted by Gasteiger charge is 2.33. The van der Waals surface area contributed by atoms with E-state index in [0.717, 1.165) is 0 Å². The normalized spacial score (nSPS) is 15.9. The van der Waals surface area contributed by atoms with Crippen LogP contribution in [-0.4, -0.2) is 51.0 Å². The number of fused-ring (bicyclic) bond motifs is 1. The summed E-state index contributed by atoms with van der Waals surface area (Å²) in [6.45, 7) is 5.24. The van der Waals surface area contributed by atoms with E-state index in [1.165, 1.54) is 36.2 Å². The number of ketones is 1. The van der Waals surface area contributed by atoms with Crippen molar-refractivity contribution >= 4 is 31.5 Å². The van der Waals surface area contributed by atoms with E-state index in [1.807, 2.05) is 0 Å². The van der Waals surface area contributed by atoms with Crippen molar-refractivity contribution in [3.8, 4) is 5.88 Å². The van der Waals surface area contributed by atoms with Crippen LogP contribution in [0.5, 0.6) is 5.88 Å². The highest BCUT2D eigenvalue weighted by Crippen LogP contribution is 2.33. The summed E-state index contributed by atoms with van der Waals surface area (Å²) in [4.78, 5) is 18.6. The highest BCUT2D eigenvalue weighted by molar-refractivity contribution is 7.91. The minimum absolute atomic E-state index is 0.0251. The number of nitrogens with zero attached hydrogens (tertiary/aromatic N) is 3. The fourth-order valence-electron chi connectivity index (χ4n) is 4.19. The molecule has 0 aliphatic carbocycles. The Hall–Kier alpha value is -3.51. The summed E-state index contributed by atoms with van der Waals surface area (Å²) >= 11 is 0. The van der Waals surface area contributed by atoms with E-state index >= 15 is 0 Å². The van der Waals surface area contributed by atoms with E-state index in [0.29, 0.717) is 22.4 Å². The van der Waals surface area contributed by atoms with Crippen LogP contribution >= 0.6 is 0 Å². The monoisotopic (exact) mass is 531 g/mol. The summed E-state index contributed by atoms with van der Waals surface area (Å²) in [6.07, 6.45) is 1.38. The van der Waals surface area contributed by atoms with Crippen LogP contribution in [0.15, 0.2) is 57.5 Å². The number of sulfone groups is 1. The van der Waals surface area contributed by atoms with Gasteiger partial charge in [-0.2, -0.15) is 13.5 Å². The van der Waals surface area contributed by atoms with Crippen molar-refractivity contribution in [2.75, 3.05) is 12.9 Å². The smallest absolute Gasteiger partial charge is 0.340 e. The lowest BCUT2D eigenvalue weighted by atomic mass is 9.93. The van der Waals surface area contributed by atoms with Gasteiger partial charge in [-0.1, -0.05) is 23.4 Å². The van der Waals surface area contributed by atoms with Gasteiger partial charge in [0.15, 0.2) is 15.6 Å². The van der Waals surface area contributed by atoms with E-state index in [1.54, 1.807) is 39.0 Å². The Bertz CT molecular complexity index is 1600. The van der Waals surface area contributed by atoms with Gasteiger partial charge in [-0.05, 0) is 50.1 Å². The van der Waals surface area contributed by atoms with Crippen LogP contribution in [0.3, 0.4) is 0 Å². The van der Waals surface area contributed by atoms with Crippen molar-refractivity contribution in [3.05, 3.63) is 70.4 Å². The minimum atomic E-state index is -4.27. The zero-order valence-electron chi connectivity index (χ0n) is 20.2. The largest absolute Gasteiger partial charge is 0.399 e. The molecular formula is C24H25N3O7S2. The summed E-state index contributed by atoms with van der Waals surface area (Å²) in [6, 6.07) is 9.12. The van der Waals surface area contributed by atoms with Crippen LogP contribution in [0.4, 0.5) is 0 Å². The number of carbonyl (C=O) groups excluding carboxylic acids is 1. The molecule has 0 fully saturated rings. The molecule has 0 atom stereocenters. The molecule has 0 spiro atoms. The number of benzene rings is 2. The first-order valence-corrected chi connectivity index (χ1v) is 14.1. The first-order valence-electron chi connectivity index (χ1n) is 11.1. The Balaban J connectivity index is 1.83. The molecule has 2 heterocycles. The molecule has 3 aromatic rings. The number of aryl methyl sites for hydroxylation is 2. The van der Waals surface area contributed by atoms with Gasteiger partial charge in [0, 0.05) is 24.1 Å². The third-order valence-electron chi connectivity index (χ3n) is 5.99. The average Bonchev–Trinajstić information content (AvgIpc) is 3.22. The quantitative estimate of drug-likeness (QED) is 0.258. The average molecular weight is 532 g/mol. The van der Waals surface area contributed by atoms with Crippen LogP contribution < -0.4 is 4.18 Å². The van der Waals surface area contributed by atoms with Gasteiger partial charge in [-0.15, -0.1) is 0 Å². The van der Waals surface area contributed by atoms with Crippen LogP contribution in [0.2, 0.25) is 0 Å².